The zero-order valence-electron chi connectivity index (χ0n) is 17.3. The van der Waals surface area contributed by atoms with Crippen LogP contribution in [-0.2, 0) is 14.3 Å². The SMILES string of the molecule is COc1ccc([C@@H]2CC(=O)N(CC(=O)Nc3cccc(F)c3)C2)cc1OC1CCCO1. The van der Waals surface area contributed by atoms with Gasteiger partial charge >= 0.3 is 0 Å². The van der Waals surface area contributed by atoms with Gasteiger partial charge in [0, 0.05) is 31.0 Å². The van der Waals surface area contributed by atoms with Crippen molar-refractivity contribution >= 4 is 17.5 Å². The van der Waals surface area contributed by atoms with E-state index in [0.29, 0.717) is 36.8 Å². The summed E-state index contributed by atoms with van der Waals surface area (Å²) in [5, 5.41) is 2.63. The Morgan fingerprint density at radius 1 is 1.26 bits per heavy atom. The zero-order chi connectivity index (χ0) is 21.8. The number of hydrogen-bond acceptors (Lipinski definition) is 5. The number of carbonyl (C=O) groups excluding carboxylic acids is 2. The quantitative estimate of drug-likeness (QED) is 0.732. The number of hydrogen-bond donors (Lipinski definition) is 1. The lowest BCUT2D eigenvalue weighted by atomic mass is 9.98. The van der Waals surface area contributed by atoms with Crippen molar-refractivity contribution in [3.63, 3.8) is 0 Å². The molecule has 1 N–H and O–H groups in total. The van der Waals surface area contributed by atoms with Gasteiger partial charge in [-0.3, -0.25) is 9.59 Å². The fourth-order valence-corrected chi connectivity index (χ4v) is 3.91. The van der Waals surface area contributed by atoms with Gasteiger partial charge in [0.15, 0.2) is 17.8 Å². The second kappa shape index (κ2) is 9.34. The number of halogens is 1. The molecule has 4 rings (SSSR count). The Kier molecular flexibility index (Phi) is 6.36. The molecule has 2 aliphatic heterocycles. The van der Waals surface area contributed by atoms with E-state index in [9.17, 15) is 14.0 Å². The van der Waals surface area contributed by atoms with Gasteiger partial charge in [0.25, 0.3) is 0 Å². The average Bonchev–Trinajstić information content (AvgIpc) is 3.38. The minimum atomic E-state index is -0.435. The molecule has 7 nitrogen and oxygen atoms in total. The van der Waals surface area contributed by atoms with Crippen LogP contribution in [0, 0.1) is 5.82 Å². The first-order valence-electron chi connectivity index (χ1n) is 10.3. The van der Waals surface area contributed by atoms with Gasteiger partial charge in [-0.1, -0.05) is 12.1 Å². The molecular weight excluding hydrogens is 403 g/mol. The lowest BCUT2D eigenvalue weighted by Gasteiger charge is -2.19. The predicted molar refractivity (Wildman–Crippen MR) is 112 cm³/mol. The van der Waals surface area contributed by atoms with Gasteiger partial charge in [-0.2, -0.15) is 0 Å². The van der Waals surface area contributed by atoms with Crippen molar-refractivity contribution in [2.45, 2.75) is 31.5 Å². The summed E-state index contributed by atoms with van der Waals surface area (Å²) in [6.45, 7) is 1.01. The molecule has 0 aromatic heterocycles. The first-order chi connectivity index (χ1) is 15.0. The van der Waals surface area contributed by atoms with Crippen LogP contribution in [0.5, 0.6) is 11.5 Å². The summed E-state index contributed by atoms with van der Waals surface area (Å²) in [5.74, 6) is 0.230. The molecule has 0 radical (unpaired) electrons. The molecule has 1 unspecified atom stereocenters. The van der Waals surface area contributed by atoms with Crippen LogP contribution in [0.25, 0.3) is 0 Å². The molecule has 0 spiro atoms. The van der Waals surface area contributed by atoms with Crippen molar-refractivity contribution in [3.8, 4) is 11.5 Å². The van der Waals surface area contributed by atoms with Crippen LogP contribution in [0.2, 0.25) is 0 Å². The molecule has 2 aliphatic rings. The third kappa shape index (κ3) is 5.14. The number of methoxy groups -OCH3 is 1. The standard InChI is InChI=1S/C23H25FN2O5/c1-29-19-8-7-15(10-20(19)31-23-6-3-9-30-23)16-11-22(28)26(13-16)14-21(27)25-18-5-2-4-17(24)12-18/h2,4-5,7-8,10,12,16,23H,3,6,9,11,13-14H2,1H3,(H,25,27)/t16-,23?/m1/s1. The molecule has 2 heterocycles. The number of ether oxygens (including phenoxy) is 3. The van der Waals surface area contributed by atoms with Crippen LogP contribution in [0.3, 0.4) is 0 Å². The maximum atomic E-state index is 13.3. The summed E-state index contributed by atoms with van der Waals surface area (Å²) in [4.78, 5) is 26.3. The van der Waals surface area contributed by atoms with Crippen molar-refractivity contribution in [1.29, 1.82) is 0 Å². The van der Waals surface area contributed by atoms with Gasteiger partial charge in [-0.05, 0) is 42.3 Å². The van der Waals surface area contributed by atoms with E-state index >= 15 is 0 Å². The molecule has 31 heavy (non-hydrogen) atoms. The van der Waals surface area contributed by atoms with Crippen molar-refractivity contribution in [2.24, 2.45) is 0 Å². The van der Waals surface area contributed by atoms with Gasteiger partial charge in [-0.15, -0.1) is 0 Å². The van der Waals surface area contributed by atoms with Gasteiger partial charge in [-0.25, -0.2) is 4.39 Å². The zero-order valence-corrected chi connectivity index (χ0v) is 17.3. The Labute approximate surface area is 180 Å². The van der Waals surface area contributed by atoms with Crippen LogP contribution in [0.15, 0.2) is 42.5 Å². The molecule has 2 aromatic carbocycles. The van der Waals surface area contributed by atoms with Crippen LogP contribution in [0.1, 0.15) is 30.7 Å². The Morgan fingerprint density at radius 2 is 2.13 bits per heavy atom. The highest BCUT2D eigenvalue weighted by molar-refractivity contribution is 5.95. The maximum absolute atomic E-state index is 13.3. The summed E-state index contributed by atoms with van der Waals surface area (Å²) >= 11 is 0. The van der Waals surface area contributed by atoms with Gasteiger partial charge in [0.1, 0.15) is 5.82 Å². The van der Waals surface area contributed by atoms with Gasteiger partial charge in [0.05, 0.1) is 20.3 Å². The first kappa shape index (κ1) is 21.1. The molecule has 2 saturated heterocycles. The number of nitrogens with zero attached hydrogens (tertiary/aromatic N) is 1. The molecular formula is C23H25FN2O5. The molecule has 0 aliphatic carbocycles. The number of amides is 2. The van der Waals surface area contributed by atoms with Crippen LogP contribution >= 0.6 is 0 Å². The van der Waals surface area contributed by atoms with E-state index < -0.39 is 5.82 Å². The summed E-state index contributed by atoms with van der Waals surface area (Å²) in [5.41, 5.74) is 1.30. The van der Waals surface area contributed by atoms with Crippen molar-refractivity contribution < 1.29 is 28.2 Å². The molecule has 2 fully saturated rings. The number of benzene rings is 2. The highest BCUT2D eigenvalue weighted by Gasteiger charge is 2.32. The number of carbonyl (C=O) groups is 2. The molecule has 2 amide bonds. The van der Waals surface area contributed by atoms with E-state index in [-0.39, 0.29) is 30.6 Å². The third-order valence-electron chi connectivity index (χ3n) is 5.46. The van der Waals surface area contributed by atoms with Crippen LogP contribution in [-0.4, -0.2) is 49.8 Å². The summed E-state index contributed by atoms with van der Waals surface area (Å²) in [6.07, 6.45) is 1.79. The summed E-state index contributed by atoms with van der Waals surface area (Å²) in [7, 11) is 1.58. The highest BCUT2D eigenvalue weighted by Crippen LogP contribution is 2.36. The van der Waals surface area contributed by atoms with Gasteiger partial charge in [0.2, 0.25) is 11.8 Å². The van der Waals surface area contributed by atoms with Crippen molar-refractivity contribution in [3.05, 3.63) is 53.8 Å². The lowest BCUT2D eigenvalue weighted by molar-refractivity contribution is -0.131. The maximum Gasteiger partial charge on any atom is 0.243 e. The molecule has 0 saturated carbocycles. The lowest BCUT2D eigenvalue weighted by Crippen LogP contribution is -2.34. The molecule has 2 atom stereocenters. The van der Waals surface area contributed by atoms with E-state index in [1.165, 1.54) is 23.1 Å². The van der Waals surface area contributed by atoms with Crippen LogP contribution in [0.4, 0.5) is 10.1 Å². The van der Waals surface area contributed by atoms with Crippen molar-refractivity contribution in [2.75, 3.05) is 32.1 Å². The second-order valence-corrected chi connectivity index (χ2v) is 7.70. The molecule has 0 bridgehead atoms. The Hall–Kier alpha value is -3.13. The highest BCUT2D eigenvalue weighted by atomic mass is 19.1. The van der Waals surface area contributed by atoms with E-state index in [2.05, 4.69) is 5.32 Å². The number of rotatable bonds is 7. The van der Waals surface area contributed by atoms with E-state index in [4.69, 9.17) is 14.2 Å². The first-order valence-corrected chi connectivity index (χ1v) is 10.3. The average molecular weight is 428 g/mol. The van der Waals surface area contributed by atoms with E-state index in [0.717, 1.165) is 18.4 Å². The third-order valence-corrected chi connectivity index (χ3v) is 5.46. The van der Waals surface area contributed by atoms with Crippen LogP contribution < -0.4 is 14.8 Å². The minimum absolute atomic E-state index is 0.0628. The Balaban J connectivity index is 1.40. The Morgan fingerprint density at radius 3 is 2.87 bits per heavy atom. The van der Waals surface area contributed by atoms with E-state index in [1.54, 1.807) is 13.2 Å². The molecule has 8 heteroatoms. The molecule has 164 valence electrons. The minimum Gasteiger partial charge on any atom is -0.493 e. The summed E-state index contributed by atoms with van der Waals surface area (Å²) in [6, 6.07) is 11.3. The fourth-order valence-electron chi connectivity index (χ4n) is 3.91. The smallest absolute Gasteiger partial charge is 0.243 e. The number of nitrogens with one attached hydrogen (secondary N) is 1. The topological polar surface area (TPSA) is 77.1 Å². The van der Waals surface area contributed by atoms with Gasteiger partial charge < -0.3 is 24.4 Å². The number of anilines is 1. The second-order valence-electron chi connectivity index (χ2n) is 7.70. The largest absolute Gasteiger partial charge is 0.493 e. The predicted octanol–water partition coefficient (Wildman–Crippen LogP) is 3.30. The monoisotopic (exact) mass is 428 g/mol. The summed E-state index contributed by atoms with van der Waals surface area (Å²) < 4.78 is 30.2. The van der Waals surface area contributed by atoms with Crippen molar-refractivity contribution in [1.82, 2.24) is 4.90 Å². The fraction of sp³-hybridized carbons (Fsp3) is 0.391. The number of likely N-dealkylation sites (tertiary alicyclic amines) is 1. The normalized spacial score (nSPS) is 20.7. The van der Waals surface area contributed by atoms with E-state index in [1.807, 2.05) is 18.2 Å². The Bertz CT molecular complexity index is 961. The molecule has 2 aromatic rings.